The molecular weight excluding hydrogens is 406 g/mol. The van der Waals surface area contributed by atoms with Crippen molar-refractivity contribution in [2.45, 2.75) is 5.16 Å². The summed E-state index contributed by atoms with van der Waals surface area (Å²) in [7, 11) is 0. The third-order valence-corrected chi connectivity index (χ3v) is 5.21. The zero-order chi connectivity index (χ0) is 21.5. The van der Waals surface area contributed by atoms with Gasteiger partial charge in [-0.2, -0.15) is 5.26 Å². The number of nitriles is 1. The second-order valence-electron chi connectivity index (χ2n) is 6.55. The lowest BCUT2D eigenvalue weighted by Crippen LogP contribution is -2.14. The van der Waals surface area contributed by atoms with Gasteiger partial charge >= 0.3 is 0 Å². The van der Waals surface area contributed by atoms with E-state index in [4.69, 9.17) is 10.2 Å². The highest BCUT2D eigenvalue weighted by molar-refractivity contribution is 7.99. The van der Waals surface area contributed by atoms with Crippen molar-refractivity contribution in [3.8, 4) is 28.6 Å². The van der Waals surface area contributed by atoms with Crippen LogP contribution in [0.5, 0.6) is 0 Å². The predicted octanol–water partition coefficient (Wildman–Crippen LogP) is 4.81. The average Bonchev–Trinajstić information content (AvgIpc) is 2.84. The molecule has 7 heteroatoms. The molecule has 31 heavy (non-hydrogen) atoms. The molecule has 1 heterocycles. The van der Waals surface area contributed by atoms with Gasteiger partial charge in [0, 0.05) is 16.8 Å². The number of rotatable bonds is 6. The van der Waals surface area contributed by atoms with E-state index in [1.165, 1.54) is 11.8 Å². The third-order valence-electron chi connectivity index (χ3n) is 4.37. The highest BCUT2D eigenvalue weighted by atomic mass is 32.2. The molecule has 150 valence electrons. The molecule has 6 nitrogen and oxygen atoms in total. The van der Waals surface area contributed by atoms with Gasteiger partial charge in [0.25, 0.3) is 0 Å². The number of aromatic nitrogens is 3. The number of nitrogens with zero attached hydrogens (tertiary/aromatic N) is 4. The van der Waals surface area contributed by atoms with Gasteiger partial charge in [-0.1, -0.05) is 78.5 Å². The highest BCUT2D eigenvalue weighted by Gasteiger charge is 2.14. The van der Waals surface area contributed by atoms with E-state index in [1.807, 2.05) is 60.7 Å². The van der Waals surface area contributed by atoms with Gasteiger partial charge in [0.2, 0.25) is 11.1 Å². The second-order valence-corrected chi connectivity index (χ2v) is 7.50. The summed E-state index contributed by atoms with van der Waals surface area (Å²) >= 11 is 1.21. The Bertz CT molecular complexity index is 1240. The number of amides is 1. The number of hydrogen-bond acceptors (Lipinski definition) is 6. The molecule has 0 atom stereocenters. The van der Waals surface area contributed by atoms with Crippen molar-refractivity contribution in [3.05, 3.63) is 90.5 Å². The Kier molecular flexibility index (Phi) is 6.31. The van der Waals surface area contributed by atoms with Gasteiger partial charge in [-0.05, 0) is 18.2 Å². The maximum absolute atomic E-state index is 12.3. The fourth-order valence-corrected chi connectivity index (χ4v) is 3.54. The highest BCUT2D eigenvalue weighted by Crippen LogP contribution is 2.29. The zero-order valence-electron chi connectivity index (χ0n) is 16.4. The molecule has 0 saturated heterocycles. The van der Waals surface area contributed by atoms with E-state index in [9.17, 15) is 4.79 Å². The van der Waals surface area contributed by atoms with E-state index in [1.54, 1.807) is 24.3 Å². The molecule has 0 spiro atoms. The molecule has 1 aromatic heterocycles. The minimum atomic E-state index is -0.211. The summed E-state index contributed by atoms with van der Waals surface area (Å²) in [5.74, 6) is -0.0886. The molecule has 0 aliphatic rings. The van der Waals surface area contributed by atoms with Crippen molar-refractivity contribution in [2.75, 3.05) is 11.1 Å². The number of anilines is 1. The third kappa shape index (κ3) is 5.13. The molecule has 4 rings (SSSR count). The van der Waals surface area contributed by atoms with Gasteiger partial charge in [0.05, 0.1) is 17.4 Å². The summed E-state index contributed by atoms with van der Waals surface area (Å²) in [5.41, 5.74) is 4.32. The standard InChI is InChI=1S/C24H17N5OS/c25-15-17-8-7-13-20(14-17)26-21(30)16-31-24-27-22(18-9-3-1-4-10-18)23(28-29-24)19-11-5-2-6-12-19/h1-14H,16H2,(H,26,30). The SMILES string of the molecule is N#Cc1cccc(NC(=O)CSc2nnc(-c3ccccc3)c(-c3ccccc3)n2)c1. The molecule has 0 unspecified atom stereocenters. The molecule has 0 saturated carbocycles. The number of carbonyl (C=O) groups is 1. The van der Waals surface area contributed by atoms with E-state index < -0.39 is 0 Å². The minimum Gasteiger partial charge on any atom is -0.325 e. The summed E-state index contributed by atoms with van der Waals surface area (Å²) in [6.07, 6.45) is 0. The van der Waals surface area contributed by atoms with E-state index in [-0.39, 0.29) is 11.7 Å². The first-order valence-electron chi connectivity index (χ1n) is 9.51. The van der Waals surface area contributed by atoms with Crippen molar-refractivity contribution < 1.29 is 4.79 Å². The molecule has 1 N–H and O–H groups in total. The van der Waals surface area contributed by atoms with Crippen LogP contribution < -0.4 is 5.32 Å². The Morgan fingerprint density at radius 2 is 1.55 bits per heavy atom. The van der Waals surface area contributed by atoms with E-state index in [2.05, 4.69) is 21.6 Å². The Hall–Kier alpha value is -4.02. The van der Waals surface area contributed by atoms with Crippen LogP contribution >= 0.6 is 11.8 Å². The number of thioether (sulfide) groups is 1. The van der Waals surface area contributed by atoms with Crippen molar-refractivity contribution in [2.24, 2.45) is 0 Å². The molecule has 0 fully saturated rings. The maximum atomic E-state index is 12.3. The minimum absolute atomic E-state index is 0.122. The first-order chi connectivity index (χ1) is 15.2. The van der Waals surface area contributed by atoms with Crippen LogP contribution in [0.1, 0.15) is 5.56 Å². The Morgan fingerprint density at radius 1 is 0.871 bits per heavy atom. The van der Waals surface area contributed by atoms with Gasteiger partial charge in [0.15, 0.2) is 0 Å². The van der Waals surface area contributed by atoms with Crippen LogP contribution in [-0.4, -0.2) is 26.8 Å². The van der Waals surface area contributed by atoms with Crippen LogP contribution in [-0.2, 0) is 4.79 Å². The molecule has 0 bridgehead atoms. The first kappa shape index (κ1) is 20.3. The van der Waals surface area contributed by atoms with Crippen LogP contribution in [0.15, 0.2) is 90.1 Å². The molecule has 3 aromatic carbocycles. The normalized spacial score (nSPS) is 10.3. The molecule has 4 aromatic rings. The first-order valence-corrected chi connectivity index (χ1v) is 10.5. The lowest BCUT2D eigenvalue weighted by atomic mass is 10.0. The number of hydrogen-bond donors (Lipinski definition) is 1. The van der Waals surface area contributed by atoms with Crippen molar-refractivity contribution in [1.29, 1.82) is 5.26 Å². The van der Waals surface area contributed by atoms with Crippen LogP contribution in [0.4, 0.5) is 5.69 Å². The summed E-state index contributed by atoms with van der Waals surface area (Å²) < 4.78 is 0. The Labute approximate surface area is 184 Å². The van der Waals surface area contributed by atoms with E-state index >= 15 is 0 Å². The summed E-state index contributed by atoms with van der Waals surface area (Å²) in [6, 6.07) is 28.4. The number of nitrogens with one attached hydrogen (secondary N) is 1. The van der Waals surface area contributed by atoms with Gasteiger partial charge in [-0.15, -0.1) is 10.2 Å². The fourth-order valence-electron chi connectivity index (χ4n) is 2.95. The van der Waals surface area contributed by atoms with Crippen molar-refractivity contribution >= 4 is 23.4 Å². The quantitative estimate of drug-likeness (QED) is 0.448. The van der Waals surface area contributed by atoms with Crippen LogP contribution in [0.2, 0.25) is 0 Å². The monoisotopic (exact) mass is 423 g/mol. The van der Waals surface area contributed by atoms with E-state index in [0.29, 0.717) is 27.8 Å². The summed E-state index contributed by atoms with van der Waals surface area (Å²) in [6.45, 7) is 0. The van der Waals surface area contributed by atoms with E-state index in [0.717, 1.165) is 11.1 Å². The molecule has 1 amide bonds. The number of carbonyl (C=O) groups excluding carboxylic acids is 1. The maximum Gasteiger partial charge on any atom is 0.234 e. The Balaban J connectivity index is 1.54. The smallest absolute Gasteiger partial charge is 0.234 e. The molecule has 0 aliphatic carbocycles. The average molecular weight is 424 g/mol. The molecular formula is C24H17N5OS. The lowest BCUT2D eigenvalue weighted by Gasteiger charge is -2.09. The van der Waals surface area contributed by atoms with Crippen molar-refractivity contribution in [1.82, 2.24) is 15.2 Å². The fraction of sp³-hybridized carbons (Fsp3) is 0.0417. The Morgan fingerprint density at radius 3 is 2.23 bits per heavy atom. The van der Waals surface area contributed by atoms with Crippen LogP contribution in [0, 0.1) is 11.3 Å². The van der Waals surface area contributed by atoms with Gasteiger partial charge in [0.1, 0.15) is 11.4 Å². The van der Waals surface area contributed by atoms with Crippen LogP contribution in [0.3, 0.4) is 0 Å². The van der Waals surface area contributed by atoms with Gasteiger partial charge in [-0.25, -0.2) is 4.98 Å². The predicted molar refractivity (Wildman–Crippen MR) is 121 cm³/mol. The van der Waals surface area contributed by atoms with Crippen LogP contribution in [0.25, 0.3) is 22.5 Å². The lowest BCUT2D eigenvalue weighted by molar-refractivity contribution is -0.113. The molecule has 0 radical (unpaired) electrons. The second kappa shape index (κ2) is 9.65. The topological polar surface area (TPSA) is 91.6 Å². The largest absolute Gasteiger partial charge is 0.325 e. The zero-order valence-corrected chi connectivity index (χ0v) is 17.2. The molecule has 0 aliphatic heterocycles. The summed E-state index contributed by atoms with van der Waals surface area (Å²) in [4.78, 5) is 17.0. The van der Waals surface area contributed by atoms with Gasteiger partial charge < -0.3 is 5.32 Å². The summed E-state index contributed by atoms with van der Waals surface area (Å²) in [5, 5.41) is 20.8. The van der Waals surface area contributed by atoms with Gasteiger partial charge in [-0.3, -0.25) is 4.79 Å². The van der Waals surface area contributed by atoms with Crippen molar-refractivity contribution in [3.63, 3.8) is 0 Å². The number of benzene rings is 3.